The van der Waals surface area contributed by atoms with Gasteiger partial charge in [-0.3, -0.25) is 15.1 Å². The predicted molar refractivity (Wildman–Crippen MR) is 114 cm³/mol. The number of amides is 1. The molecule has 0 aromatic carbocycles. The molecule has 1 saturated carbocycles. The van der Waals surface area contributed by atoms with Gasteiger partial charge in [-0.1, -0.05) is 12.8 Å². The van der Waals surface area contributed by atoms with Crippen molar-refractivity contribution in [2.24, 2.45) is 11.8 Å². The first-order valence-electron chi connectivity index (χ1n) is 11.9. The minimum atomic E-state index is -0.444. The van der Waals surface area contributed by atoms with Gasteiger partial charge in [0.15, 0.2) is 0 Å². The second kappa shape index (κ2) is 9.69. The van der Waals surface area contributed by atoms with Crippen LogP contribution in [0.15, 0.2) is 0 Å². The number of hydroxylamine groups is 1. The van der Waals surface area contributed by atoms with Gasteiger partial charge in [-0.2, -0.15) is 5.48 Å². The van der Waals surface area contributed by atoms with E-state index >= 15 is 0 Å². The third-order valence-corrected chi connectivity index (χ3v) is 7.01. The highest BCUT2D eigenvalue weighted by atomic mass is 16.7. The number of carbonyl (C=O) groups is 1. The molecule has 1 amide bonds. The zero-order valence-corrected chi connectivity index (χ0v) is 18.9. The minimum Gasteiger partial charge on any atom is -0.444 e. The SMILES string of the molecule is CC(C)(C)OC(=O)N1CCC(C2NOC(C3CCCCC3N3CCOCC3)N2)CC1. The Labute approximate surface area is 180 Å². The predicted octanol–water partition coefficient (Wildman–Crippen LogP) is 2.30. The summed E-state index contributed by atoms with van der Waals surface area (Å²) in [7, 11) is 0. The van der Waals surface area contributed by atoms with Crippen LogP contribution in [0, 0.1) is 11.8 Å². The van der Waals surface area contributed by atoms with Gasteiger partial charge in [0.1, 0.15) is 11.8 Å². The van der Waals surface area contributed by atoms with Gasteiger partial charge in [0.2, 0.25) is 0 Å². The summed E-state index contributed by atoms with van der Waals surface area (Å²) < 4.78 is 11.1. The zero-order valence-electron chi connectivity index (χ0n) is 18.9. The standard InChI is InChI=1S/C22H40N4O4/c1-22(2,3)29-21(27)26-10-8-16(9-11-26)19-23-20(30-24-19)17-6-4-5-7-18(17)25-12-14-28-15-13-25/h16-20,23-24H,4-15H2,1-3H3. The monoisotopic (exact) mass is 424 g/mol. The highest BCUT2D eigenvalue weighted by Crippen LogP contribution is 2.34. The number of piperidine rings is 1. The number of rotatable bonds is 3. The largest absolute Gasteiger partial charge is 0.444 e. The van der Waals surface area contributed by atoms with Crippen LogP contribution in [0.2, 0.25) is 0 Å². The number of hydrogen-bond donors (Lipinski definition) is 2. The van der Waals surface area contributed by atoms with E-state index in [1.54, 1.807) is 0 Å². The molecule has 0 spiro atoms. The van der Waals surface area contributed by atoms with Gasteiger partial charge in [-0.05, 0) is 52.4 Å². The van der Waals surface area contributed by atoms with Crippen molar-refractivity contribution < 1.29 is 19.1 Å². The Morgan fingerprint density at radius 1 is 1.00 bits per heavy atom. The van der Waals surface area contributed by atoms with Crippen molar-refractivity contribution in [2.45, 2.75) is 83.3 Å². The average molecular weight is 425 g/mol. The Bertz CT molecular complexity index is 570. The number of carbonyl (C=O) groups excluding carboxylic acids is 1. The number of morpholine rings is 1. The third-order valence-electron chi connectivity index (χ3n) is 7.01. The smallest absolute Gasteiger partial charge is 0.410 e. The molecule has 0 radical (unpaired) electrons. The Morgan fingerprint density at radius 2 is 1.70 bits per heavy atom. The molecule has 30 heavy (non-hydrogen) atoms. The van der Waals surface area contributed by atoms with Crippen LogP contribution in [-0.2, 0) is 14.3 Å². The molecular formula is C22H40N4O4. The van der Waals surface area contributed by atoms with Gasteiger partial charge >= 0.3 is 6.09 Å². The van der Waals surface area contributed by atoms with Gasteiger partial charge in [0, 0.05) is 38.1 Å². The molecule has 3 aliphatic heterocycles. The van der Waals surface area contributed by atoms with E-state index in [-0.39, 0.29) is 18.5 Å². The molecule has 8 nitrogen and oxygen atoms in total. The first-order chi connectivity index (χ1) is 14.4. The van der Waals surface area contributed by atoms with Gasteiger partial charge < -0.3 is 14.4 Å². The summed E-state index contributed by atoms with van der Waals surface area (Å²) in [5.41, 5.74) is 2.85. The molecule has 0 bridgehead atoms. The second-order valence-electron chi connectivity index (χ2n) is 10.3. The van der Waals surface area contributed by atoms with Crippen molar-refractivity contribution >= 4 is 6.09 Å². The van der Waals surface area contributed by atoms with Crippen LogP contribution in [0.25, 0.3) is 0 Å². The summed E-state index contributed by atoms with van der Waals surface area (Å²) in [4.78, 5) is 22.9. The Kier molecular flexibility index (Phi) is 7.19. The molecule has 4 unspecified atom stereocenters. The Balaban J connectivity index is 1.27. The summed E-state index contributed by atoms with van der Waals surface area (Å²) in [5, 5.41) is 3.76. The van der Waals surface area contributed by atoms with Gasteiger partial charge in [-0.15, -0.1) is 0 Å². The highest BCUT2D eigenvalue weighted by molar-refractivity contribution is 5.68. The summed E-state index contributed by atoms with van der Waals surface area (Å²) in [5.74, 6) is 0.968. The van der Waals surface area contributed by atoms with E-state index in [2.05, 4.69) is 15.7 Å². The Hall–Kier alpha value is -0.930. The summed E-state index contributed by atoms with van der Waals surface area (Å²) in [6, 6.07) is 0.578. The molecule has 4 atom stereocenters. The normalized spacial score (nSPS) is 34.8. The van der Waals surface area contributed by atoms with Crippen LogP contribution < -0.4 is 10.8 Å². The van der Waals surface area contributed by atoms with E-state index in [0.717, 1.165) is 52.2 Å². The van der Waals surface area contributed by atoms with E-state index < -0.39 is 5.60 Å². The molecule has 4 rings (SSSR count). The maximum Gasteiger partial charge on any atom is 0.410 e. The molecule has 4 aliphatic rings. The fourth-order valence-corrected chi connectivity index (χ4v) is 5.43. The van der Waals surface area contributed by atoms with E-state index in [4.69, 9.17) is 14.3 Å². The first kappa shape index (κ1) is 22.3. The van der Waals surface area contributed by atoms with Crippen molar-refractivity contribution in [3.05, 3.63) is 0 Å². The van der Waals surface area contributed by atoms with Crippen molar-refractivity contribution in [2.75, 3.05) is 39.4 Å². The number of hydrogen-bond acceptors (Lipinski definition) is 7. The van der Waals surface area contributed by atoms with Crippen LogP contribution in [0.3, 0.4) is 0 Å². The maximum absolute atomic E-state index is 12.3. The van der Waals surface area contributed by atoms with Crippen LogP contribution in [0.1, 0.15) is 59.3 Å². The number of nitrogens with one attached hydrogen (secondary N) is 2. The van der Waals surface area contributed by atoms with Gasteiger partial charge in [0.05, 0.1) is 19.4 Å². The number of nitrogens with zero attached hydrogens (tertiary/aromatic N) is 2. The first-order valence-corrected chi connectivity index (χ1v) is 11.9. The molecule has 2 N–H and O–H groups in total. The second-order valence-corrected chi connectivity index (χ2v) is 10.3. The lowest BCUT2D eigenvalue weighted by atomic mass is 9.82. The summed E-state index contributed by atoms with van der Waals surface area (Å²) in [6.07, 6.45) is 7.00. The quantitative estimate of drug-likeness (QED) is 0.720. The molecule has 3 heterocycles. The topological polar surface area (TPSA) is 75.3 Å². The van der Waals surface area contributed by atoms with Crippen molar-refractivity contribution in [1.82, 2.24) is 20.6 Å². The van der Waals surface area contributed by atoms with E-state index in [0.29, 0.717) is 17.9 Å². The molecule has 8 heteroatoms. The Morgan fingerprint density at radius 3 is 2.40 bits per heavy atom. The molecule has 1 aliphatic carbocycles. The lowest BCUT2D eigenvalue weighted by molar-refractivity contribution is -0.0693. The van der Waals surface area contributed by atoms with Crippen molar-refractivity contribution in [3.8, 4) is 0 Å². The molecule has 172 valence electrons. The van der Waals surface area contributed by atoms with Crippen LogP contribution in [-0.4, -0.2) is 79.3 Å². The van der Waals surface area contributed by atoms with E-state index in [9.17, 15) is 4.79 Å². The molecule has 3 saturated heterocycles. The summed E-state index contributed by atoms with van der Waals surface area (Å²) >= 11 is 0. The lowest BCUT2D eigenvalue weighted by Crippen LogP contribution is -2.54. The van der Waals surface area contributed by atoms with Crippen LogP contribution >= 0.6 is 0 Å². The molecular weight excluding hydrogens is 384 g/mol. The van der Waals surface area contributed by atoms with Crippen LogP contribution in [0.5, 0.6) is 0 Å². The number of likely N-dealkylation sites (tertiary alicyclic amines) is 1. The van der Waals surface area contributed by atoms with Gasteiger partial charge in [0.25, 0.3) is 0 Å². The van der Waals surface area contributed by atoms with Crippen LogP contribution in [0.4, 0.5) is 4.79 Å². The third kappa shape index (κ3) is 5.46. The zero-order chi connectivity index (χ0) is 21.1. The molecule has 0 aromatic rings. The van der Waals surface area contributed by atoms with E-state index in [1.807, 2.05) is 25.7 Å². The fraction of sp³-hybridized carbons (Fsp3) is 0.955. The maximum atomic E-state index is 12.3. The molecule has 4 fully saturated rings. The fourth-order valence-electron chi connectivity index (χ4n) is 5.43. The van der Waals surface area contributed by atoms with Crippen molar-refractivity contribution in [1.29, 1.82) is 0 Å². The van der Waals surface area contributed by atoms with E-state index in [1.165, 1.54) is 25.7 Å². The van der Waals surface area contributed by atoms with Gasteiger partial charge in [-0.25, -0.2) is 4.79 Å². The lowest BCUT2D eigenvalue weighted by Gasteiger charge is -2.43. The summed E-state index contributed by atoms with van der Waals surface area (Å²) in [6.45, 7) is 11.0. The minimum absolute atomic E-state index is 0.0621. The highest BCUT2D eigenvalue weighted by Gasteiger charge is 2.42. The number of ether oxygens (including phenoxy) is 2. The molecule has 0 aromatic heterocycles. The average Bonchev–Trinajstić information content (AvgIpc) is 3.23. The van der Waals surface area contributed by atoms with Crippen molar-refractivity contribution in [3.63, 3.8) is 0 Å².